The first-order valence-electron chi connectivity index (χ1n) is 11.1. The summed E-state index contributed by atoms with van der Waals surface area (Å²) in [5.41, 5.74) is 1.92. The molecule has 5 heteroatoms. The zero-order valence-corrected chi connectivity index (χ0v) is 18.6. The molecule has 0 radical (unpaired) electrons. The van der Waals surface area contributed by atoms with Crippen molar-refractivity contribution in [3.8, 4) is 0 Å². The fourth-order valence-corrected chi connectivity index (χ4v) is 6.95. The van der Waals surface area contributed by atoms with Crippen LogP contribution in [0.3, 0.4) is 0 Å². The van der Waals surface area contributed by atoms with Gasteiger partial charge in [-0.3, -0.25) is 9.59 Å². The number of esters is 1. The smallest absolute Gasteiger partial charge is 0.321 e. The second-order valence-corrected chi connectivity index (χ2v) is 9.91. The predicted molar refractivity (Wildman–Crippen MR) is 117 cm³/mol. The van der Waals surface area contributed by atoms with E-state index < -0.39 is 5.41 Å². The summed E-state index contributed by atoms with van der Waals surface area (Å²) in [4.78, 5) is 26.8. The Bertz CT molecular complexity index is 796. The molecule has 5 atom stereocenters. The molecule has 4 bridgehead atoms. The van der Waals surface area contributed by atoms with Gasteiger partial charge in [-0.25, -0.2) is 0 Å². The Hall–Kier alpha value is -1.33. The number of thioether (sulfide) groups is 1. The molecule has 1 aromatic carbocycles. The van der Waals surface area contributed by atoms with Gasteiger partial charge >= 0.3 is 5.97 Å². The Morgan fingerprint density at radius 3 is 2.72 bits per heavy atom. The fraction of sp³-hybridized carbons (Fsp3) is 0.667. The summed E-state index contributed by atoms with van der Waals surface area (Å²) in [6.07, 6.45) is 6.85. The third-order valence-electron chi connectivity index (χ3n) is 7.83. The molecule has 2 aliphatic carbocycles. The van der Waals surface area contributed by atoms with Gasteiger partial charge < -0.3 is 10.1 Å². The maximum absolute atomic E-state index is 13.5. The monoisotopic (exact) mass is 415 g/mol. The van der Waals surface area contributed by atoms with Crippen molar-refractivity contribution in [3.05, 3.63) is 35.4 Å². The molecule has 2 heterocycles. The van der Waals surface area contributed by atoms with E-state index in [9.17, 15) is 9.59 Å². The van der Waals surface area contributed by atoms with Gasteiger partial charge in [-0.05, 0) is 68.1 Å². The third-order valence-corrected chi connectivity index (χ3v) is 8.53. The largest absolute Gasteiger partial charge is 0.465 e. The number of ether oxygens (including phenoxy) is 1. The molecule has 2 saturated heterocycles. The molecular formula is C24H33NO3S. The van der Waals surface area contributed by atoms with Crippen molar-refractivity contribution in [2.24, 2.45) is 11.3 Å². The van der Waals surface area contributed by atoms with Crippen LogP contribution in [0.5, 0.6) is 0 Å². The molecule has 0 amide bonds. The van der Waals surface area contributed by atoms with Crippen LogP contribution >= 0.6 is 11.8 Å². The van der Waals surface area contributed by atoms with Crippen LogP contribution in [0.2, 0.25) is 0 Å². The number of benzene rings is 1. The molecule has 1 N–H and O–H groups in total. The lowest BCUT2D eigenvalue weighted by Crippen LogP contribution is -2.74. The third kappa shape index (κ3) is 3.07. The highest BCUT2D eigenvalue weighted by Crippen LogP contribution is 2.60. The predicted octanol–water partition coefficient (Wildman–Crippen LogP) is 3.90. The van der Waals surface area contributed by atoms with Crippen molar-refractivity contribution in [2.75, 3.05) is 18.6 Å². The van der Waals surface area contributed by atoms with Crippen molar-refractivity contribution in [1.82, 2.24) is 5.32 Å². The van der Waals surface area contributed by atoms with E-state index >= 15 is 0 Å². The first-order chi connectivity index (χ1) is 14.0. The number of fused-ring (bicyclic) bond motifs is 2. The Kier molecular flexibility index (Phi) is 5.82. The minimum absolute atomic E-state index is 0.0605. The van der Waals surface area contributed by atoms with E-state index in [0.29, 0.717) is 31.4 Å². The standard InChI is InChI=1S/C24H33NO3S/c1-4-23-15-20-24(22(27)28-5-2,21(26)11-8-12-29-3)14-18(23)19(25-20)13-16-9-6-7-10-17(16)23/h6-7,9-10,18-20,25H,4-5,8,11-15H2,1-3H3. The highest BCUT2D eigenvalue weighted by Gasteiger charge is 2.67. The molecule has 5 unspecified atom stereocenters. The highest BCUT2D eigenvalue weighted by atomic mass is 32.2. The molecule has 29 heavy (non-hydrogen) atoms. The summed E-state index contributed by atoms with van der Waals surface area (Å²) >= 11 is 1.75. The summed E-state index contributed by atoms with van der Waals surface area (Å²) in [6.45, 7) is 4.42. The van der Waals surface area contributed by atoms with Gasteiger partial charge in [0.1, 0.15) is 5.41 Å². The van der Waals surface area contributed by atoms with E-state index in [0.717, 1.165) is 31.4 Å². The quantitative estimate of drug-likeness (QED) is 0.396. The molecule has 0 aromatic heterocycles. The van der Waals surface area contributed by atoms with Crippen LogP contribution in [0.4, 0.5) is 0 Å². The number of nitrogens with one attached hydrogen (secondary N) is 1. The maximum Gasteiger partial charge on any atom is 0.321 e. The second kappa shape index (κ2) is 8.07. The number of ketones is 1. The van der Waals surface area contributed by atoms with Crippen LogP contribution in [-0.2, 0) is 26.2 Å². The number of hydrogen-bond acceptors (Lipinski definition) is 5. The fourth-order valence-electron chi connectivity index (χ4n) is 6.51. The summed E-state index contributed by atoms with van der Waals surface area (Å²) in [5, 5.41) is 3.76. The number of rotatable bonds is 8. The molecule has 0 spiro atoms. The van der Waals surface area contributed by atoms with Crippen molar-refractivity contribution in [3.63, 3.8) is 0 Å². The van der Waals surface area contributed by atoms with E-state index in [1.807, 2.05) is 6.92 Å². The van der Waals surface area contributed by atoms with Crippen LogP contribution in [0.1, 0.15) is 57.1 Å². The number of piperidine rings is 2. The SMILES string of the molecule is CCOC(=O)C1(C(=O)CCCSC)CC2C3Cc4ccccc4C2(CC)CC1N3. The van der Waals surface area contributed by atoms with Gasteiger partial charge in [-0.1, -0.05) is 31.2 Å². The topological polar surface area (TPSA) is 55.4 Å². The van der Waals surface area contributed by atoms with Gasteiger partial charge in [-0.2, -0.15) is 11.8 Å². The van der Waals surface area contributed by atoms with Gasteiger partial charge in [0.2, 0.25) is 0 Å². The summed E-state index contributed by atoms with van der Waals surface area (Å²) in [6, 6.07) is 9.00. The highest BCUT2D eigenvalue weighted by molar-refractivity contribution is 7.98. The first kappa shape index (κ1) is 20.9. The molecule has 4 aliphatic rings. The van der Waals surface area contributed by atoms with E-state index in [1.165, 1.54) is 11.1 Å². The normalized spacial score (nSPS) is 34.5. The molecule has 2 aliphatic heterocycles. The van der Waals surface area contributed by atoms with Crippen LogP contribution in [0.25, 0.3) is 0 Å². The van der Waals surface area contributed by atoms with E-state index in [1.54, 1.807) is 11.8 Å². The molecule has 158 valence electrons. The lowest BCUT2D eigenvalue weighted by atomic mass is 9.44. The Balaban J connectivity index is 1.72. The van der Waals surface area contributed by atoms with Crippen molar-refractivity contribution in [2.45, 2.75) is 69.9 Å². The lowest BCUT2D eigenvalue weighted by Gasteiger charge is -2.64. The number of hydrogen-bond donors (Lipinski definition) is 1. The first-order valence-corrected chi connectivity index (χ1v) is 12.5. The van der Waals surface area contributed by atoms with Crippen molar-refractivity contribution >= 4 is 23.5 Å². The van der Waals surface area contributed by atoms with Gasteiger partial charge in [0.05, 0.1) is 6.61 Å². The van der Waals surface area contributed by atoms with Gasteiger partial charge in [0, 0.05) is 23.9 Å². The molecule has 5 rings (SSSR count). The molecule has 1 saturated carbocycles. The Morgan fingerprint density at radius 2 is 2.03 bits per heavy atom. The van der Waals surface area contributed by atoms with Crippen LogP contribution in [0, 0.1) is 11.3 Å². The number of carbonyl (C=O) groups excluding carboxylic acids is 2. The number of carbonyl (C=O) groups is 2. The average Bonchev–Trinajstić information content (AvgIpc) is 2.73. The lowest BCUT2D eigenvalue weighted by molar-refractivity contribution is -0.175. The van der Waals surface area contributed by atoms with Gasteiger partial charge in [0.25, 0.3) is 0 Å². The zero-order chi connectivity index (χ0) is 20.6. The second-order valence-electron chi connectivity index (χ2n) is 8.92. The van der Waals surface area contributed by atoms with Gasteiger partial charge in [0.15, 0.2) is 5.78 Å². The molecular weight excluding hydrogens is 382 g/mol. The van der Waals surface area contributed by atoms with Crippen molar-refractivity contribution < 1.29 is 14.3 Å². The van der Waals surface area contributed by atoms with Crippen LogP contribution < -0.4 is 5.32 Å². The van der Waals surface area contributed by atoms with E-state index in [2.05, 4.69) is 42.8 Å². The maximum atomic E-state index is 13.5. The Labute approximate surface area is 178 Å². The van der Waals surface area contributed by atoms with Crippen molar-refractivity contribution in [1.29, 1.82) is 0 Å². The summed E-state index contributed by atoms with van der Waals surface area (Å²) < 4.78 is 5.52. The van der Waals surface area contributed by atoms with E-state index in [4.69, 9.17) is 4.74 Å². The van der Waals surface area contributed by atoms with Crippen LogP contribution in [0.15, 0.2) is 24.3 Å². The average molecular weight is 416 g/mol. The minimum atomic E-state index is -1.01. The summed E-state index contributed by atoms with van der Waals surface area (Å²) in [7, 11) is 0. The Morgan fingerprint density at radius 1 is 1.24 bits per heavy atom. The zero-order valence-electron chi connectivity index (χ0n) is 17.8. The minimum Gasteiger partial charge on any atom is -0.465 e. The van der Waals surface area contributed by atoms with Crippen LogP contribution in [-0.4, -0.2) is 42.5 Å². The summed E-state index contributed by atoms with van der Waals surface area (Å²) in [5.74, 6) is 1.03. The van der Waals surface area contributed by atoms with E-state index in [-0.39, 0.29) is 23.2 Å². The number of Topliss-reactive ketones (excluding diaryl/α,β-unsaturated/α-hetero) is 1. The van der Waals surface area contributed by atoms with Gasteiger partial charge in [-0.15, -0.1) is 0 Å². The molecule has 4 nitrogen and oxygen atoms in total. The molecule has 3 fully saturated rings. The molecule has 1 aromatic rings.